The van der Waals surface area contributed by atoms with Crippen molar-refractivity contribution in [3.63, 3.8) is 0 Å². The molecular weight excluding hydrogens is 495 g/mol. The van der Waals surface area contributed by atoms with Crippen molar-refractivity contribution in [2.75, 3.05) is 0 Å². The zero-order valence-corrected chi connectivity index (χ0v) is 21.7. The highest BCUT2D eigenvalue weighted by molar-refractivity contribution is 8.08. The maximum absolute atomic E-state index is 6.20. The standard InChI is InChI=1S/C30H24Cl2S2/c31-27-15-7-9-23(19-27)21-33-29(25-11-3-1-4-12-25)17-18-30(26-13-5-2-6-14-26)34-22-24-10-8-16-28(32)20-24/h1-20H,21-22H2/b29-17-,30-18-. The number of halogens is 2. The molecule has 4 aromatic carbocycles. The molecule has 0 aliphatic heterocycles. The molecule has 0 saturated heterocycles. The van der Waals surface area contributed by atoms with Crippen molar-refractivity contribution < 1.29 is 0 Å². The Hall–Kier alpha value is -2.36. The van der Waals surface area contributed by atoms with Crippen molar-refractivity contribution in [2.24, 2.45) is 0 Å². The molecule has 170 valence electrons. The van der Waals surface area contributed by atoms with E-state index >= 15 is 0 Å². The van der Waals surface area contributed by atoms with E-state index in [0.29, 0.717) is 0 Å². The first-order valence-electron chi connectivity index (χ1n) is 10.9. The number of hydrogen-bond donors (Lipinski definition) is 0. The quantitative estimate of drug-likeness (QED) is 0.202. The van der Waals surface area contributed by atoms with E-state index in [1.807, 2.05) is 59.9 Å². The van der Waals surface area contributed by atoms with Crippen LogP contribution in [0.25, 0.3) is 9.81 Å². The first kappa shape index (κ1) is 24.8. The van der Waals surface area contributed by atoms with E-state index < -0.39 is 0 Å². The first-order chi connectivity index (χ1) is 16.7. The highest BCUT2D eigenvalue weighted by Crippen LogP contribution is 2.35. The maximum atomic E-state index is 6.20. The maximum Gasteiger partial charge on any atom is 0.0409 e. The average Bonchev–Trinajstić information content (AvgIpc) is 2.87. The molecule has 0 fully saturated rings. The second-order valence-corrected chi connectivity index (χ2v) is 10.5. The number of rotatable bonds is 9. The number of hydrogen-bond acceptors (Lipinski definition) is 2. The van der Waals surface area contributed by atoms with Gasteiger partial charge in [0.1, 0.15) is 0 Å². The second kappa shape index (κ2) is 12.9. The third kappa shape index (κ3) is 7.58. The van der Waals surface area contributed by atoms with Gasteiger partial charge in [0.2, 0.25) is 0 Å². The lowest BCUT2D eigenvalue weighted by molar-refractivity contribution is 1.42. The second-order valence-electron chi connectivity index (χ2n) is 7.63. The van der Waals surface area contributed by atoms with Crippen LogP contribution in [0.5, 0.6) is 0 Å². The van der Waals surface area contributed by atoms with Gasteiger partial charge in [-0.05, 0) is 58.7 Å². The molecule has 0 amide bonds. The summed E-state index contributed by atoms with van der Waals surface area (Å²) >= 11 is 16.0. The van der Waals surface area contributed by atoms with Crippen molar-refractivity contribution in [1.82, 2.24) is 0 Å². The van der Waals surface area contributed by atoms with Crippen molar-refractivity contribution >= 4 is 56.5 Å². The van der Waals surface area contributed by atoms with E-state index in [4.69, 9.17) is 23.2 Å². The summed E-state index contributed by atoms with van der Waals surface area (Å²) in [6.45, 7) is 0. The van der Waals surface area contributed by atoms with Crippen LogP contribution in [-0.2, 0) is 11.5 Å². The van der Waals surface area contributed by atoms with Gasteiger partial charge in [-0.15, -0.1) is 23.5 Å². The van der Waals surface area contributed by atoms with Crippen LogP contribution in [0.3, 0.4) is 0 Å². The molecule has 34 heavy (non-hydrogen) atoms. The Kier molecular flexibility index (Phi) is 9.41. The minimum Gasteiger partial charge on any atom is -0.121 e. The summed E-state index contributed by atoms with van der Waals surface area (Å²) < 4.78 is 0. The lowest BCUT2D eigenvalue weighted by Gasteiger charge is -2.10. The Morgan fingerprint density at radius 3 is 1.32 bits per heavy atom. The van der Waals surface area contributed by atoms with Gasteiger partial charge >= 0.3 is 0 Å². The fourth-order valence-corrected chi connectivity index (χ4v) is 5.75. The molecule has 0 aromatic heterocycles. The molecule has 0 radical (unpaired) electrons. The van der Waals surface area contributed by atoms with Crippen molar-refractivity contribution in [1.29, 1.82) is 0 Å². The monoisotopic (exact) mass is 518 g/mol. The molecule has 4 rings (SSSR count). The van der Waals surface area contributed by atoms with Crippen LogP contribution in [-0.4, -0.2) is 0 Å². The Morgan fingerprint density at radius 2 is 0.941 bits per heavy atom. The molecule has 0 aliphatic carbocycles. The van der Waals surface area contributed by atoms with Crippen LogP contribution in [0.1, 0.15) is 22.3 Å². The Balaban J connectivity index is 1.62. The smallest absolute Gasteiger partial charge is 0.0409 e. The third-order valence-electron chi connectivity index (χ3n) is 5.07. The van der Waals surface area contributed by atoms with E-state index in [0.717, 1.165) is 21.6 Å². The first-order valence-corrected chi connectivity index (χ1v) is 13.7. The van der Waals surface area contributed by atoms with Crippen LogP contribution >= 0.6 is 46.7 Å². The lowest BCUT2D eigenvalue weighted by Crippen LogP contribution is -1.86. The summed E-state index contributed by atoms with van der Waals surface area (Å²) in [4.78, 5) is 2.44. The Labute approximate surface area is 220 Å². The van der Waals surface area contributed by atoms with Gasteiger partial charge in [0, 0.05) is 31.4 Å². The van der Waals surface area contributed by atoms with Crippen LogP contribution < -0.4 is 0 Å². The highest BCUT2D eigenvalue weighted by Gasteiger charge is 2.06. The van der Waals surface area contributed by atoms with Crippen LogP contribution in [0.2, 0.25) is 10.0 Å². The molecule has 0 heterocycles. The minimum atomic E-state index is 0.770. The zero-order chi connectivity index (χ0) is 23.6. The van der Waals surface area contributed by atoms with Crippen LogP contribution in [0.4, 0.5) is 0 Å². The van der Waals surface area contributed by atoms with Gasteiger partial charge in [-0.1, -0.05) is 108 Å². The predicted octanol–water partition coefficient (Wildman–Crippen LogP) is 10.2. The van der Waals surface area contributed by atoms with Crippen LogP contribution in [0, 0.1) is 0 Å². The summed E-state index contributed by atoms with van der Waals surface area (Å²) in [6, 6.07) is 37.2. The van der Waals surface area contributed by atoms with Gasteiger partial charge in [-0.2, -0.15) is 0 Å². The van der Waals surface area contributed by atoms with E-state index in [-0.39, 0.29) is 0 Å². The van der Waals surface area contributed by atoms with Crippen molar-refractivity contribution in [3.8, 4) is 0 Å². The fraction of sp³-hybridized carbons (Fsp3) is 0.0667. The third-order valence-corrected chi connectivity index (χ3v) is 7.86. The van der Waals surface area contributed by atoms with Crippen LogP contribution in [0.15, 0.2) is 121 Å². The fourth-order valence-electron chi connectivity index (χ4n) is 3.39. The summed E-state index contributed by atoms with van der Waals surface area (Å²) in [6.07, 6.45) is 4.47. The molecule has 0 N–H and O–H groups in total. The molecule has 0 bridgehead atoms. The molecule has 0 atom stereocenters. The van der Waals surface area contributed by atoms with Gasteiger partial charge in [-0.3, -0.25) is 0 Å². The van der Waals surface area contributed by atoms with Crippen molar-refractivity contribution in [3.05, 3.63) is 154 Å². The molecular formula is C30H24Cl2S2. The Bertz CT molecular complexity index is 1160. The Morgan fingerprint density at radius 1 is 0.529 bits per heavy atom. The number of benzene rings is 4. The van der Waals surface area contributed by atoms with Gasteiger partial charge in [0.05, 0.1) is 0 Å². The highest BCUT2D eigenvalue weighted by atomic mass is 35.5. The number of allylic oxidation sites excluding steroid dienone is 2. The molecule has 0 aliphatic rings. The summed E-state index contributed by atoms with van der Waals surface area (Å²) in [5.41, 5.74) is 4.83. The molecule has 4 heteroatoms. The predicted molar refractivity (Wildman–Crippen MR) is 154 cm³/mol. The van der Waals surface area contributed by atoms with E-state index in [1.165, 1.54) is 32.1 Å². The van der Waals surface area contributed by atoms with E-state index in [1.54, 1.807) is 0 Å². The molecule has 0 nitrogen and oxygen atoms in total. The summed E-state index contributed by atoms with van der Waals surface area (Å²) in [5.74, 6) is 1.71. The lowest BCUT2D eigenvalue weighted by atomic mass is 10.2. The molecule has 0 spiro atoms. The van der Waals surface area contributed by atoms with Crippen molar-refractivity contribution in [2.45, 2.75) is 11.5 Å². The van der Waals surface area contributed by atoms with Gasteiger partial charge in [-0.25, -0.2) is 0 Å². The summed E-state index contributed by atoms with van der Waals surface area (Å²) in [5, 5.41) is 1.54. The number of thioether (sulfide) groups is 2. The molecule has 0 unspecified atom stereocenters. The van der Waals surface area contributed by atoms with E-state index in [9.17, 15) is 0 Å². The van der Waals surface area contributed by atoms with Gasteiger partial charge in [0.25, 0.3) is 0 Å². The normalized spacial score (nSPS) is 12.1. The van der Waals surface area contributed by atoms with Gasteiger partial charge < -0.3 is 0 Å². The SMILES string of the molecule is Clc1cccc(CS/C(=C\C=C(/SCc2cccc(Cl)c2)c2ccccc2)c2ccccc2)c1. The van der Waals surface area contributed by atoms with Gasteiger partial charge in [0.15, 0.2) is 0 Å². The minimum absolute atomic E-state index is 0.770. The summed E-state index contributed by atoms with van der Waals surface area (Å²) in [7, 11) is 0. The zero-order valence-electron chi connectivity index (χ0n) is 18.5. The largest absolute Gasteiger partial charge is 0.121 e. The molecule has 4 aromatic rings. The molecule has 0 saturated carbocycles. The average molecular weight is 520 g/mol. The van der Waals surface area contributed by atoms with E-state index in [2.05, 4.69) is 84.9 Å². The topological polar surface area (TPSA) is 0 Å².